The Labute approximate surface area is 110 Å². The molecule has 1 aromatic carbocycles. The minimum absolute atomic E-state index is 0.288. The van der Waals surface area contributed by atoms with E-state index in [1.807, 2.05) is 64.1 Å². The van der Waals surface area contributed by atoms with Gasteiger partial charge in [0.15, 0.2) is 0 Å². The molecule has 1 rings (SSSR count). The fourth-order valence-electron chi connectivity index (χ4n) is 1.27. The lowest BCUT2D eigenvalue weighted by Crippen LogP contribution is -2.06. The van der Waals surface area contributed by atoms with Crippen LogP contribution in [0.5, 0.6) is 0 Å². The average Bonchev–Trinajstić information content (AvgIpc) is 2.45. The van der Waals surface area contributed by atoms with Crippen molar-refractivity contribution in [1.29, 1.82) is 0 Å². The molecule has 0 fully saturated rings. The van der Waals surface area contributed by atoms with Gasteiger partial charge in [-0.05, 0) is 19.4 Å². The third-order valence-electron chi connectivity index (χ3n) is 2.11. The number of carbonyl (C=O) groups excluding carboxylic acids is 1. The van der Waals surface area contributed by atoms with Gasteiger partial charge in [0, 0.05) is 0 Å². The van der Waals surface area contributed by atoms with Crippen LogP contribution in [0.4, 0.5) is 0 Å². The van der Waals surface area contributed by atoms with Crippen LogP contribution in [0.15, 0.2) is 54.1 Å². The molecule has 0 spiro atoms. The van der Waals surface area contributed by atoms with Gasteiger partial charge in [0.2, 0.25) is 0 Å². The third-order valence-corrected chi connectivity index (χ3v) is 2.11. The predicted octanol–water partition coefficient (Wildman–Crippen LogP) is 4.28. The maximum Gasteiger partial charge on any atom is 0.338 e. The van der Waals surface area contributed by atoms with E-state index >= 15 is 0 Å². The lowest BCUT2D eigenvalue weighted by atomic mass is 10.2. The highest BCUT2D eigenvalue weighted by atomic mass is 16.5. The standard InChI is InChI=1S/C14H16O2.C2H6/c1-3-8-13(4-2)14(15)16-11-12-9-6-5-7-10-12;1-2/h3-10H,11H2,1-2H3;1-2H3/b8-3-,13-4+;. The molecule has 0 saturated carbocycles. The molecule has 1 aromatic rings. The van der Waals surface area contributed by atoms with Crippen molar-refractivity contribution >= 4 is 5.97 Å². The van der Waals surface area contributed by atoms with Gasteiger partial charge in [0.25, 0.3) is 0 Å². The molecular weight excluding hydrogens is 224 g/mol. The summed E-state index contributed by atoms with van der Waals surface area (Å²) in [6.07, 6.45) is 5.31. The summed E-state index contributed by atoms with van der Waals surface area (Å²) in [5, 5.41) is 0. The first kappa shape index (κ1) is 16.2. The molecule has 0 N–H and O–H groups in total. The zero-order chi connectivity index (χ0) is 13.8. The zero-order valence-electron chi connectivity index (χ0n) is 11.6. The Morgan fingerprint density at radius 1 is 1.17 bits per heavy atom. The highest BCUT2D eigenvalue weighted by Gasteiger charge is 2.06. The number of allylic oxidation sites excluding steroid dienone is 2. The molecule has 0 unspecified atom stereocenters. The zero-order valence-corrected chi connectivity index (χ0v) is 11.6. The SMILES string of the molecule is C/C=C\C(=C/C)C(=O)OCc1ccccc1.CC. The lowest BCUT2D eigenvalue weighted by Gasteiger charge is -2.04. The summed E-state index contributed by atoms with van der Waals surface area (Å²) in [5.74, 6) is -0.288. The van der Waals surface area contributed by atoms with Gasteiger partial charge in [-0.3, -0.25) is 0 Å². The maximum absolute atomic E-state index is 11.6. The molecule has 2 nitrogen and oxygen atoms in total. The first-order valence-corrected chi connectivity index (χ1v) is 6.28. The van der Waals surface area contributed by atoms with Crippen molar-refractivity contribution in [3.05, 3.63) is 59.7 Å². The first-order chi connectivity index (χ1) is 8.77. The van der Waals surface area contributed by atoms with Crippen LogP contribution in [0.3, 0.4) is 0 Å². The first-order valence-electron chi connectivity index (χ1n) is 6.28. The van der Waals surface area contributed by atoms with E-state index in [-0.39, 0.29) is 5.97 Å². The molecule has 0 heterocycles. The van der Waals surface area contributed by atoms with Crippen LogP contribution in [-0.4, -0.2) is 5.97 Å². The number of hydrogen-bond acceptors (Lipinski definition) is 2. The highest BCUT2D eigenvalue weighted by Crippen LogP contribution is 2.05. The molecule has 2 heteroatoms. The van der Waals surface area contributed by atoms with E-state index in [2.05, 4.69) is 0 Å². The molecule has 98 valence electrons. The van der Waals surface area contributed by atoms with Crippen LogP contribution < -0.4 is 0 Å². The molecule has 0 saturated heterocycles. The van der Waals surface area contributed by atoms with Crippen molar-refractivity contribution in [1.82, 2.24) is 0 Å². The van der Waals surface area contributed by atoms with Crippen molar-refractivity contribution in [2.45, 2.75) is 34.3 Å². The van der Waals surface area contributed by atoms with E-state index in [1.54, 1.807) is 12.2 Å². The fraction of sp³-hybridized carbons (Fsp3) is 0.312. The van der Waals surface area contributed by atoms with Gasteiger partial charge < -0.3 is 4.74 Å². The van der Waals surface area contributed by atoms with Crippen LogP contribution in [0.2, 0.25) is 0 Å². The van der Waals surface area contributed by atoms with Crippen molar-refractivity contribution in [2.75, 3.05) is 0 Å². The molecule has 0 atom stereocenters. The van der Waals surface area contributed by atoms with Gasteiger partial charge in [-0.15, -0.1) is 0 Å². The van der Waals surface area contributed by atoms with Crippen LogP contribution in [-0.2, 0) is 16.1 Å². The van der Waals surface area contributed by atoms with Crippen LogP contribution >= 0.6 is 0 Å². The molecule has 0 aliphatic carbocycles. The summed E-state index contributed by atoms with van der Waals surface area (Å²) in [4.78, 5) is 11.6. The minimum atomic E-state index is -0.288. The summed E-state index contributed by atoms with van der Waals surface area (Å²) in [5.41, 5.74) is 1.57. The largest absolute Gasteiger partial charge is 0.457 e. The minimum Gasteiger partial charge on any atom is -0.457 e. The Kier molecular flexibility index (Phi) is 9.28. The number of rotatable bonds is 4. The maximum atomic E-state index is 11.6. The molecule has 18 heavy (non-hydrogen) atoms. The van der Waals surface area contributed by atoms with Gasteiger partial charge in [0.1, 0.15) is 6.61 Å². The summed E-state index contributed by atoms with van der Waals surface area (Å²) in [6.45, 7) is 8.00. The Balaban J connectivity index is 0.00000137. The smallest absolute Gasteiger partial charge is 0.338 e. The second-order valence-electron chi connectivity index (χ2n) is 3.31. The number of ether oxygens (including phenoxy) is 1. The molecule has 0 aromatic heterocycles. The van der Waals surface area contributed by atoms with Crippen LogP contribution in [0.1, 0.15) is 33.3 Å². The number of benzene rings is 1. The monoisotopic (exact) mass is 246 g/mol. The van der Waals surface area contributed by atoms with E-state index in [0.717, 1.165) is 5.56 Å². The van der Waals surface area contributed by atoms with Gasteiger partial charge in [-0.25, -0.2) is 4.79 Å². The van der Waals surface area contributed by atoms with Crippen molar-refractivity contribution < 1.29 is 9.53 Å². The second-order valence-corrected chi connectivity index (χ2v) is 3.31. The fourth-order valence-corrected chi connectivity index (χ4v) is 1.27. The van der Waals surface area contributed by atoms with Crippen LogP contribution in [0.25, 0.3) is 0 Å². The molecule has 0 aliphatic heterocycles. The predicted molar refractivity (Wildman–Crippen MR) is 76.2 cm³/mol. The van der Waals surface area contributed by atoms with Crippen molar-refractivity contribution in [2.24, 2.45) is 0 Å². The Morgan fingerprint density at radius 3 is 2.28 bits per heavy atom. The van der Waals surface area contributed by atoms with E-state index in [9.17, 15) is 4.79 Å². The quantitative estimate of drug-likeness (QED) is 0.450. The van der Waals surface area contributed by atoms with Crippen LogP contribution in [0, 0.1) is 0 Å². The molecular formula is C16H22O2. The van der Waals surface area contributed by atoms with Crippen molar-refractivity contribution in [3.8, 4) is 0 Å². The second kappa shape index (κ2) is 10.3. The molecule has 0 bridgehead atoms. The summed E-state index contributed by atoms with van der Waals surface area (Å²) in [6, 6.07) is 9.64. The summed E-state index contributed by atoms with van der Waals surface area (Å²) in [7, 11) is 0. The Morgan fingerprint density at radius 2 is 1.78 bits per heavy atom. The lowest BCUT2D eigenvalue weighted by molar-refractivity contribution is -0.139. The Bertz CT molecular complexity index is 389. The molecule has 0 amide bonds. The Hall–Kier alpha value is -1.83. The molecule has 0 aliphatic rings. The summed E-state index contributed by atoms with van der Waals surface area (Å²) >= 11 is 0. The number of hydrogen-bond donors (Lipinski definition) is 0. The van der Waals surface area contributed by atoms with Gasteiger partial charge in [0.05, 0.1) is 5.57 Å². The topological polar surface area (TPSA) is 26.3 Å². The van der Waals surface area contributed by atoms with E-state index in [0.29, 0.717) is 12.2 Å². The van der Waals surface area contributed by atoms with Gasteiger partial charge >= 0.3 is 5.97 Å². The number of esters is 1. The van der Waals surface area contributed by atoms with Gasteiger partial charge in [-0.2, -0.15) is 0 Å². The average molecular weight is 246 g/mol. The normalized spacial score (nSPS) is 10.8. The van der Waals surface area contributed by atoms with Crippen molar-refractivity contribution in [3.63, 3.8) is 0 Å². The van der Waals surface area contributed by atoms with E-state index in [1.165, 1.54) is 0 Å². The van der Waals surface area contributed by atoms with Gasteiger partial charge in [-0.1, -0.05) is 62.4 Å². The highest BCUT2D eigenvalue weighted by molar-refractivity contribution is 5.91. The van der Waals surface area contributed by atoms with E-state index in [4.69, 9.17) is 4.74 Å². The van der Waals surface area contributed by atoms with E-state index < -0.39 is 0 Å². The molecule has 0 radical (unpaired) electrons. The third kappa shape index (κ3) is 6.04. The summed E-state index contributed by atoms with van der Waals surface area (Å²) < 4.78 is 5.18. The number of carbonyl (C=O) groups is 1.